The zero-order chi connectivity index (χ0) is 16.2. The van der Waals surface area contributed by atoms with Crippen molar-refractivity contribution in [3.05, 3.63) is 35.4 Å². The Morgan fingerprint density at radius 1 is 1.00 bits per heavy atom. The summed E-state index contributed by atoms with van der Waals surface area (Å²) in [6.07, 6.45) is 2.36. The standard InChI is InChI=1S/C18H32N4/c1-5-8-13-20-18(19-4)21-14-16-9-11-17(12-10-16)15-22(6-2)7-3/h9-12H,5-8,13-15H2,1-4H3,(H2,19,20,21). The molecule has 1 aromatic carbocycles. The van der Waals surface area contributed by atoms with E-state index in [2.05, 4.69) is 65.6 Å². The number of nitrogens with one attached hydrogen (secondary N) is 2. The summed E-state index contributed by atoms with van der Waals surface area (Å²) < 4.78 is 0. The van der Waals surface area contributed by atoms with Gasteiger partial charge in [-0.2, -0.15) is 0 Å². The number of hydrogen-bond donors (Lipinski definition) is 2. The van der Waals surface area contributed by atoms with E-state index in [-0.39, 0.29) is 0 Å². The highest BCUT2D eigenvalue weighted by Gasteiger charge is 2.02. The van der Waals surface area contributed by atoms with Gasteiger partial charge in [0.1, 0.15) is 0 Å². The molecule has 0 heterocycles. The Morgan fingerprint density at radius 2 is 1.64 bits per heavy atom. The number of guanidine groups is 1. The van der Waals surface area contributed by atoms with Crippen LogP contribution in [0.4, 0.5) is 0 Å². The van der Waals surface area contributed by atoms with Gasteiger partial charge in [0.15, 0.2) is 5.96 Å². The van der Waals surface area contributed by atoms with Gasteiger partial charge in [0.05, 0.1) is 0 Å². The van der Waals surface area contributed by atoms with E-state index in [9.17, 15) is 0 Å². The molecule has 0 aliphatic rings. The van der Waals surface area contributed by atoms with Crippen LogP contribution in [0.3, 0.4) is 0 Å². The van der Waals surface area contributed by atoms with Crippen molar-refractivity contribution in [1.82, 2.24) is 15.5 Å². The molecule has 0 unspecified atom stereocenters. The first-order valence-electron chi connectivity index (χ1n) is 8.48. The van der Waals surface area contributed by atoms with Gasteiger partial charge in [0.25, 0.3) is 0 Å². The van der Waals surface area contributed by atoms with Crippen LogP contribution in [-0.2, 0) is 13.1 Å². The molecular formula is C18H32N4. The molecule has 1 rings (SSSR count). The van der Waals surface area contributed by atoms with Gasteiger partial charge < -0.3 is 10.6 Å². The van der Waals surface area contributed by atoms with Gasteiger partial charge in [0, 0.05) is 26.7 Å². The molecule has 1 aromatic rings. The molecule has 0 spiro atoms. The smallest absolute Gasteiger partial charge is 0.191 e. The Hall–Kier alpha value is -1.55. The maximum Gasteiger partial charge on any atom is 0.191 e. The predicted octanol–water partition coefficient (Wildman–Crippen LogP) is 2.99. The van der Waals surface area contributed by atoms with E-state index in [1.54, 1.807) is 0 Å². The first-order valence-corrected chi connectivity index (χ1v) is 8.48. The maximum absolute atomic E-state index is 4.24. The summed E-state index contributed by atoms with van der Waals surface area (Å²) in [6, 6.07) is 8.85. The molecule has 124 valence electrons. The van der Waals surface area contributed by atoms with Crippen LogP contribution in [-0.4, -0.2) is 37.5 Å². The molecule has 4 heteroatoms. The third kappa shape index (κ3) is 6.94. The minimum atomic E-state index is 0.803. The van der Waals surface area contributed by atoms with Gasteiger partial charge in [-0.25, -0.2) is 0 Å². The summed E-state index contributed by atoms with van der Waals surface area (Å²) in [5.74, 6) is 0.876. The summed E-state index contributed by atoms with van der Waals surface area (Å²) in [4.78, 5) is 6.67. The van der Waals surface area contributed by atoms with E-state index in [1.807, 2.05) is 7.05 Å². The van der Waals surface area contributed by atoms with Crippen molar-refractivity contribution in [2.45, 2.75) is 46.7 Å². The number of nitrogens with zero attached hydrogens (tertiary/aromatic N) is 2. The van der Waals surface area contributed by atoms with E-state index in [0.717, 1.165) is 38.7 Å². The molecule has 0 aliphatic carbocycles. The molecule has 0 atom stereocenters. The monoisotopic (exact) mass is 304 g/mol. The van der Waals surface area contributed by atoms with Crippen LogP contribution < -0.4 is 10.6 Å². The predicted molar refractivity (Wildman–Crippen MR) is 96.2 cm³/mol. The number of hydrogen-bond acceptors (Lipinski definition) is 2. The van der Waals surface area contributed by atoms with Crippen molar-refractivity contribution in [3.8, 4) is 0 Å². The lowest BCUT2D eigenvalue weighted by Gasteiger charge is -2.18. The minimum absolute atomic E-state index is 0.803. The van der Waals surface area contributed by atoms with Gasteiger partial charge in [-0.05, 0) is 30.6 Å². The second-order valence-corrected chi connectivity index (χ2v) is 5.48. The van der Waals surface area contributed by atoms with Crippen molar-refractivity contribution in [3.63, 3.8) is 0 Å². The number of aliphatic imine (C=N–C) groups is 1. The molecule has 0 radical (unpaired) electrons. The third-order valence-corrected chi connectivity index (χ3v) is 3.83. The quantitative estimate of drug-likeness (QED) is 0.418. The van der Waals surface area contributed by atoms with Gasteiger partial charge in [-0.3, -0.25) is 9.89 Å². The first-order chi connectivity index (χ1) is 10.7. The summed E-state index contributed by atoms with van der Waals surface area (Å²) >= 11 is 0. The molecule has 0 aromatic heterocycles. The Morgan fingerprint density at radius 3 is 2.18 bits per heavy atom. The SMILES string of the molecule is CCCCNC(=NC)NCc1ccc(CN(CC)CC)cc1. The summed E-state index contributed by atoms with van der Waals surface area (Å²) in [5.41, 5.74) is 2.65. The van der Waals surface area contributed by atoms with Crippen molar-refractivity contribution in [1.29, 1.82) is 0 Å². The molecule has 0 bridgehead atoms. The molecule has 2 N–H and O–H groups in total. The number of benzene rings is 1. The van der Waals surface area contributed by atoms with Crippen LogP contribution in [0.5, 0.6) is 0 Å². The van der Waals surface area contributed by atoms with Crippen LogP contribution in [0.15, 0.2) is 29.3 Å². The molecule has 0 amide bonds. The maximum atomic E-state index is 4.24. The number of unbranched alkanes of at least 4 members (excludes halogenated alkanes) is 1. The molecule has 0 fully saturated rings. The van der Waals surface area contributed by atoms with Crippen molar-refractivity contribution in [2.24, 2.45) is 4.99 Å². The van der Waals surface area contributed by atoms with Crippen LogP contribution in [0.25, 0.3) is 0 Å². The molecule has 0 saturated heterocycles. The Labute approximate surface area is 136 Å². The van der Waals surface area contributed by atoms with E-state index in [4.69, 9.17) is 0 Å². The van der Waals surface area contributed by atoms with Crippen molar-refractivity contribution in [2.75, 3.05) is 26.7 Å². The van der Waals surface area contributed by atoms with E-state index in [1.165, 1.54) is 24.0 Å². The van der Waals surface area contributed by atoms with Crippen LogP contribution in [0.2, 0.25) is 0 Å². The third-order valence-electron chi connectivity index (χ3n) is 3.83. The summed E-state index contributed by atoms with van der Waals surface area (Å²) in [6.45, 7) is 11.6. The normalized spacial score (nSPS) is 11.8. The van der Waals surface area contributed by atoms with Crippen molar-refractivity contribution >= 4 is 5.96 Å². The highest BCUT2D eigenvalue weighted by molar-refractivity contribution is 5.79. The zero-order valence-electron chi connectivity index (χ0n) is 14.7. The van der Waals surface area contributed by atoms with Gasteiger partial charge >= 0.3 is 0 Å². The fourth-order valence-corrected chi connectivity index (χ4v) is 2.26. The molecule has 22 heavy (non-hydrogen) atoms. The lowest BCUT2D eigenvalue weighted by molar-refractivity contribution is 0.296. The molecule has 0 aliphatic heterocycles. The summed E-state index contributed by atoms with van der Waals surface area (Å²) in [5, 5.41) is 6.68. The van der Waals surface area contributed by atoms with Crippen LogP contribution in [0.1, 0.15) is 44.7 Å². The van der Waals surface area contributed by atoms with Crippen LogP contribution >= 0.6 is 0 Å². The van der Waals surface area contributed by atoms with Gasteiger partial charge in [-0.1, -0.05) is 51.5 Å². The molecular weight excluding hydrogens is 272 g/mol. The topological polar surface area (TPSA) is 39.7 Å². The van der Waals surface area contributed by atoms with E-state index < -0.39 is 0 Å². The Kier molecular flexibility index (Phi) is 9.31. The van der Waals surface area contributed by atoms with Crippen LogP contribution in [0, 0.1) is 0 Å². The lowest BCUT2D eigenvalue weighted by Crippen LogP contribution is -2.37. The largest absolute Gasteiger partial charge is 0.356 e. The molecule has 0 saturated carbocycles. The average molecular weight is 304 g/mol. The Bertz CT molecular complexity index is 421. The fraction of sp³-hybridized carbons (Fsp3) is 0.611. The lowest BCUT2D eigenvalue weighted by atomic mass is 10.1. The zero-order valence-corrected chi connectivity index (χ0v) is 14.7. The second-order valence-electron chi connectivity index (χ2n) is 5.48. The van der Waals surface area contributed by atoms with E-state index in [0.29, 0.717) is 0 Å². The van der Waals surface area contributed by atoms with Gasteiger partial charge in [0.2, 0.25) is 0 Å². The summed E-state index contributed by atoms with van der Waals surface area (Å²) in [7, 11) is 1.81. The van der Waals surface area contributed by atoms with Gasteiger partial charge in [-0.15, -0.1) is 0 Å². The highest BCUT2D eigenvalue weighted by atomic mass is 15.2. The minimum Gasteiger partial charge on any atom is -0.356 e. The first kappa shape index (κ1) is 18.5. The average Bonchev–Trinajstić information content (AvgIpc) is 2.57. The van der Waals surface area contributed by atoms with Crippen molar-refractivity contribution < 1.29 is 0 Å². The van der Waals surface area contributed by atoms with E-state index >= 15 is 0 Å². The number of rotatable bonds is 9. The second kappa shape index (κ2) is 11.1. The highest BCUT2D eigenvalue weighted by Crippen LogP contribution is 2.07. The fourth-order valence-electron chi connectivity index (χ4n) is 2.26. The molecule has 4 nitrogen and oxygen atoms in total. The Balaban J connectivity index is 2.43.